The van der Waals surface area contributed by atoms with Crippen LogP contribution in [0.15, 0.2) is 0 Å². The number of amides is 4. The van der Waals surface area contributed by atoms with Gasteiger partial charge in [-0.3, -0.25) is 23.9 Å². The molecule has 2 N–H and O–H groups in total. The van der Waals surface area contributed by atoms with Crippen LogP contribution in [-0.2, 0) is 30.8 Å². The van der Waals surface area contributed by atoms with Gasteiger partial charge in [-0.1, -0.05) is 19.8 Å². The van der Waals surface area contributed by atoms with Gasteiger partial charge in [0.2, 0.25) is 11.8 Å². The zero-order valence-corrected chi connectivity index (χ0v) is 14.7. The highest BCUT2D eigenvalue weighted by Crippen LogP contribution is 2.22. The van der Waals surface area contributed by atoms with Crippen molar-refractivity contribution in [3.63, 3.8) is 0 Å². The molecule has 0 aromatic heterocycles. The molecule has 0 radical (unpaired) electrons. The number of unbranched alkanes of at least 4 members (excludes halogenated alkanes) is 1. The number of hydrogen-bond acceptors (Lipinski definition) is 6. The minimum absolute atomic E-state index is 0.183. The molecular weight excluding hydrogens is 364 g/mol. The first-order valence-corrected chi connectivity index (χ1v) is 10.2. The smallest absolute Gasteiger partial charge is 0.306 e. The van der Waals surface area contributed by atoms with Gasteiger partial charge in [0.05, 0.1) is 11.5 Å². The molecule has 0 spiro atoms. The third kappa shape index (κ3) is 5.61. The Hall–Kier alpha value is -1.37. The second kappa shape index (κ2) is 8.65. The van der Waals surface area contributed by atoms with Crippen LogP contribution in [0.2, 0.25) is 0 Å². The van der Waals surface area contributed by atoms with E-state index < -0.39 is 57.3 Å². The van der Waals surface area contributed by atoms with Crippen LogP contribution >= 0.6 is 0 Å². The van der Waals surface area contributed by atoms with Gasteiger partial charge in [-0.15, -0.1) is 0 Å². The van der Waals surface area contributed by atoms with Crippen molar-refractivity contribution in [2.75, 3.05) is 24.6 Å². The Morgan fingerprint density at radius 3 is 2.12 bits per heavy atom. The Balaban J connectivity index is 3.02. The predicted octanol–water partition coefficient (Wildman–Crippen LogP) is -0.307. The van der Waals surface area contributed by atoms with Crippen molar-refractivity contribution < 1.29 is 36.1 Å². The summed E-state index contributed by atoms with van der Waals surface area (Å²) in [5.74, 6) is -3.94. The van der Waals surface area contributed by atoms with E-state index in [9.17, 15) is 27.0 Å². The van der Waals surface area contributed by atoms with Crippen LogP contribution < -0.4 is 0 Å². The monoisotopic (exact) mass is 384 g/mol. The molecule has 1 heterocycles. The SMILES string of the molecule is CCCCC1C(=O)N(CCS(=O)O)C(=O)N(CCS(=O)(=O)O)C1=O. The second-order valence-corrected chi connectivity index (χ2v) is 7.89. The maximum absolute atomic E-state index is 12.3. The van der Waals surface area contributed by atoms with Gasteiger partial charge >= 0.3 is 6.03 Å². The van der Waals surface area contributed by atoms with E-state index in [0.29, 0.717) is 22.6 Å². The Labute approximate surface area is 142 Å². The van der Waals surface area contributed by atoms with Crippen molar-refractivity contribution in [3.8, 4) is 0 Å². The third-order valence-corrected chi connectivity index (χ3v) is 4.73. The fraction of sp³-hybridized carbons (Fsp3) is 0.750. The highest BCUT2D eigenvalue weighted by molar-refractivity contribution is 7.85. The fourth-order valence-corrected chi connectivity index (χ4v) is 3.01. The van der Waals surface area contributed by atoms with Gasteiger partial charge < -0.3 is 4.55 Å². The Morgan fingerprint density at radius 2 is 1.67 bits per heavy atom. The van der Waals surface area contributed by atoms with Crippen LogP contribution in [0.1, 0.15) is 26.2 Å². The lowest BCUT2D eigenvalue weighted by Gasteiger charge is -2.36. The maximum atomic E-state index is 12.3. The van der Waals surface area contributed by atoms with E-state index in [1.54, 1.807) is 0 Å². The summed E-state index contributed by atoms with van der Waals surface area (Å²) in [7, 11) is -4.40. The van der Waals surface area contributed by atoms with Crippen LogP contribution in [0.3, 0.4) is 0 Å². The standard InChI is InChI=1S/C12H20N2O8S2/c1-2-3-4-9-10(15)13(5-7-23(18)19)12(17)14(11(9)16)6-8-24(20,21)22/h9H,2-8H2,1H3,(H,18,19)(H,20,21,22). The van der Waals surface area contributed by atoms with Gasteiger partial charge in [-0.05, 0) is 6.42 Å². The molecule has 1 rings (SSSR count). The molecule has 1 aliphatic heterocycles. The summed E-state index contributed by atoms with van der Waals surface area (Å²) >= 11 is -2.24. The summed E-state index contributed by atoms with van der Waals surface area (Å²) in [4.78, 5) is 38.2. The molecule has 2 atom stereocenters. The second-order valence-electron chi connectivity index (χ2n) is 5.27. The number of barbiturate groups is 1. The number of rotatable bonds is 9. The highest BCUT2D eigenvalue weighted by atomic mass is 32.2. The molecule has 24 heavy (non-hydrogen) atoms. The van der Waals surface area contributed by atoms with Crippen molar-refractivity contribution in [3.05, 3.63) is 0 Å². The predicted molar refractivity (Wildman–Crippen MR) is 83.9 cm³/mol. The van der Waals surface area contributed by atoms with Gasteiger partial charge in [-0.2, -0.15) is 8.42 Å². The van der Waals surface area contributed by atoms with Gasteiger partial charge in [0.25, 0.3) is 10.1 Å². The van der Waals surface area contributed by atoms with E-state index in [1.807, 2.05) is 6.92 Å². The van der Waals surface area contributed by atoms with E-state index in [4.69, 9.17) is 9.11 Å². The van der Waals surface area contributed by atoms with E-state index in [0.717, 1.165) is 0 Å². The molecule has 4 amide bonds. The molecule has 0 aromatic rings. The third-order valence-electron chi connectivity index (χ3n) is 3.50. The van der Waals surface area contributed by atoms with E-state index in [-0.39, 0.29) is 18.7 Å². The van der Waals surface area contributed by atoms with Gasteiger partial charge in [-0.25, -0.2) is 9.00 Å². The molecule has 2 unspecified atom stereocenters. The van der Waals surface area contributed by atoms with Crippen LogP contribution in [0.5, 0.6) is 0 Å². The first kappa shape index (κ1) is 20.7. The Morgan fingerprint density at radius 1 is 1.12 bits per heavy atom. The molecular formula is C12H20N2O8S2. The normalized spacial score (nSPS) is 20.6. The van der Waals surface area contributed by atoms with E-state index in [2.05, 4.69) is 0 Å². The van der Waals surface area contributed by atoms with Crippen LogP contribution in [0.4, 0.5) is 4.79 Å². The average Bonchev–Trinajstić information content (AvgIpc) is 2.45. The van der Waals surface area contributed by atoms with Crippen molar-refractivity contribution in [2.24, 2.45) is 5.92 Å². The average molecular weight is 384 g/mol. The first-order chi connectivity index (χ1) is 11.1. The number of urea groups is 1. The summed E-state index contributed by atoms with van der Waals surface area (Å²) in [5.41, 5.74) is 0. The summed E-state index contributed by atoms with van der Waals surface area (Å²) < 4.78 is 50.1. The minimum Gasteiger partial charge on any atom is -0.306 e. The van der Waals surface area contributed by atoms with Crippen molar-refractivity contribution in [2.45, 2.75) is 26.2 Å². The number of imide groups is 2. The molecule has 12 heteroatoms. The number of nitrogens with zero attached hydrogens (tertiary/aromatic N) is 2. The van der Waals surface area contributed by atoms with Gasteiger partial charge in [0.15, 0.2) is 11.1 Å². The Bertz CT molecular complexity index is 633. The summed E-state index contributed by atoms with van der Waals surface area (Å²) in [6.45, 7) is 0.899. The summed E-state index contributed by atoms with van der Waals surface area (Å²) in [6, 6.07) is -1.05. The summed E-state index contributed by atoms with van der Waals surface area (Å²) in [6.07, 6.45) is 1.43. The molecule has 10 nitrogen and oxygen atoms in total. The summed E-state index contributed by atoms with van der Waals surface area (Å²) in [5, 5.41) is 0. The quantitative estimate of drug-likeness (QED) is 0.312. The van der Waals surface area contributed by atoms with Crippen LogP contribution in [-0.4, -0.2) is 74.0 Å². The van der Waals surface area contributed by atoms with Crippen LogP contribution in [0.25, 0.3) is 0 Å². The number of carbonyl (C=O) groups excluding carboxylic acids is 3. The lowest BCUT2D eigenvalue weighted by atomic mass is 9.97. The topological polar surface area (TPSA) is 149 Å². The largest absolute Gasteiger partial charge is 0.333 e. The van der Waals surface area contributed by atoms with Gasteiger partial charge in [0.1, 0.15) is 5.92 Å². The molecule has 0 aliphatic carbocycles. The molecule has 1 fully saturated rings. The number of hydrogen-bond donors (Lipinski definition) is 2. The molecule has 0 saturated carbocycles. The zero-order chi connectivity index (χ0) is 18.5. The highest BCUT2D eigenvalue weighted by Gasteiger charge is 2.45. The first-order valence-electron chi connectivity index (χ1n) is 7.27. The van der Waals surface area contributed by atoms with E-state index in [1.165, 1.54) is 0 Å². The molecule has 1 aliphatic rings. The lowest BCUT2D eigenvalue weighted by molar-refractivity contribution is -0.149. The molecule has 138 valence electrons. The van der Waals surface area contributed by atoms with E-state index >= 15 is 0 Å². The van der Waals surface area contributed by atoms with Crippen molar-refractivity contribution in [1.29, 1.82) is 0 Å². The van der Waals surface area contributed by atoms with Crippen LogP contribution in [0, 0.1) is 5.92 Å². The molecule has 0 aromatic carbocycles. The van der Waals surface area contributed by atoms with Crippen molar-refractivity contribution in [1.82, 2.24) is 9.80 Å². The molecule has 1 saturated heterocycles. The van der Waals surface area contributed by atoms with Crippen molar-refractivity contribution >= 4 is 39.0 Å². The number of carbonyl (C=O) groups is 3. The lowest BCUT2D eigenvalue weighted by Crippen LogP contribution is -2.61. The van der Waals surface area contributed by atoms with Gasteiger partial charge in [0, 0.05) is 13.1 Å². The Kier molecular flexibility index (Phi) is 7.45. The zero-order valence-electron chi connectivity index (χ0n) is 13.1. The maximum Gasteiger partial charge on any atom is 0.333 e. The minimum atomic E-state index is -4.40. The molecule has 0 bridgehead atoms. The fourth-order valence-electron chi connectivity index (χ4n) is 2.26.